The summed E-state index contributed by atoms with van der Waals surface area (Å²) >= 11 is 3.38. The van der Waals surface area contributed by atoms with Crippen molar-refractivity contribution in [1.29, 1.82) is 0 Å². The van der Waals surface area contributed by atoms with Crippen LogP contribution < -0.4 is 4.74 Å². The summed E-state index contributed by atoms with van der Waals surface area (Å²) in [6.07, 6.45) is 5.56. The van der Waals surface area contributed by atoms with Gasteiger partial charge in [-0.05, 0) is 49.6 Å². The van der Waals surface area contributed by atoms with Crippen molar-refractivity contribution in [3.8, 4) is 22.3 Å². The van der Waals surface area contributed by atoms with E-state index in [2.05, 4.69) is 12.3 Å². The average Bonchev–Trinajstić information content (AvgIpc) is 3.38. The van der Waals surface area contributed by atoms with Crippen LogP contribution >= 0.6 is 23.1 Å². The van der Waals surface area contributed by atoms with Gasteiger partial charge in [0.1, 0.15) is 5.75 Å². The topological polar surface area (TPSA) is 72.3 Å². The molecule has 0 atom stereocenters. The molecule has 29 heavy (non-hydrogen) atoms. The van der Waals surface area contributed by atoms with Gasteiger partial charge in [-0.25, -0.2) is 4.98 Å². The maximum absolute atomic E-state index is 11.3. The number of ether oxygens (including phenoxy) is 1. The van der Waals surface area contributed by atoms with Crippen LogP contribution in [-0.4, -0.2) is 27.3 Å². The molecular weight excluding hydrogens is 404 g/mol. The van der Waals surface area contributed by atoms with Gasteiger partial charge in [-0.15, -0.1) is 23.1 Å². The van der Waals surface area contributed by atoms with E-state index < -0.39 is 5.97 Å². The van der Waals surface area contributed by atoms with E-state index in [4.69, 9.17) is 14.7 Å². The van der Waals surface area contributed by atoms with Crippen LogP contribution in [0.25, 0.3) is 10.7 Å². The number of carboxylic acids is 1. The zero-order chi connectivity index (χ0) is 20.4. The molecule has 1 aromatic carbocycles. The molecule has 0 bridgehead atoms. The second-order valence-corrected chi connectivity index (χ2v) is 9.08. The van der Waals surface area contributed by atoms with Crippen molar-refractivity contribution in [2.75, 3.05) is 6.26 Å². The Morgan fingerprint density at radius 3 is 2.76 bits per heavy atom. The van der Waals surface area contributed by atoms with Gasteiger partial charge in [-0.1, -0.05) is 25.1 Å². The maximum Gasteiger partial charge on any atom is 0.307 e. The Labute approximate surface area is 178 Å². The van der Waals surface area contributed by atoms with Crippen LogP contribution in [0.5, 0.6) is 11.6 Å². The molecule has 150 valence electrons. The molecule has 0 spiro atoms. The van der Waals surface area contributed by atoms with E-state index >= 15 is 0 Å². The summed E-state index contributed by atoms with van der Waals surface area (Å²) in [7, 11) is 0. The predicted molar refractivity (Wildman–Crippen MR) is 116 cm³/mol. The van der Waals surface area contributed by atoms with Crippen LogP contribution in [0.1, 0.15) is 35.7 Å². The number of carbonyl (C=O) groups is 1. The molecule has 1 N–H and O–H groups in total. The first-order chi connectivity index (χ1) is 14.1. The molecule has 0 aliphatic heterocycles. The van der Waals surface area contributed by atoms with Gasteiger partial charge in [-0.3, -0.25) is 4.79 Å². The average molecular weight is 427 g/mol. The first-order valence-corrected chi connectivity index (χ1v) is 11.7. The highest BCUT2D eigenvalue weighted by molar-refractivity contribution is 8.00. The fraction of sp³-hybridized carbons (Fsp3) is 0.318. The van der Waals surface area contributed by atoms with Gasteiger partial charge in [-0.2, -0.15) is 4.98 Å². The number of aliphatic carboxylic acids is 1. The maximum atomic E-state index is 11.3. The molecule has 2 heterocycles. The number of fused-ring (bicyclic) bond motifs is 1. The van der Waals surface area contributed by atoms with Gasteiger partial charge in [0.15, 0.2) is 5.82 Å². The van der Waals surface area contributed by atoms with E-state index in [-0.39, 0.29) is 6.42 Å². The number of thioether (sulfide) groups is 1. The number of hydrogen-bond acceptors (Lipinski definition) is 6. The highest BCUT2D eigenvalue weighted by atomic mass is 32.2. The molecule has 2 aromatic heterocycles. The minimum atomic E-state index is -0.875. The number of nitrogens with zero attached hydrogens (tertiary/aromatic N) is 2. The van der Waals surface area contributed by atoms with Crippen molar-refractivity contribution in [2.24, 2.45) is 0 Å². The standard InChI is InChI=1S/C22H22N2O3S2/c1-3-13-6-4-7-14(12-18(25)26)20(13)27-22-15-8-5-9-16(15)23-21(24-22)17-10-11-19(28-2)29-17/h4,6-7,10-11H,3,5,8-9,12H2,1-2H3,(H,25,26). The summed E-state index contributed by atoms with van der Waals surface area (Å²) in [5.41, 5.74) is 3.74. The number of rotatable bonds is 7. The second kappa shape index (κ2) is 8.55. The molecule has 1 aliphatic rings. The zero-order valence-electron chi connectivity index (χ0n) is 16.4. The third-order valence-electron chi connectivity index (χ3n) is 5.00. The molecule has 7 heteroatoms. The van der Waals surface area contributed by atoms with E-state index in [9.17, 15) is 9.90 Å². The lowest BCUT2D eigenvalue weighted by Gasteiger charge is -2.16. The first-order valence-electron chi connectivity index (χ1n) is 9.63. The Balaban J connectivity index is 1.79. The summed E-state index contributed by atoms with van der Waals surface area (Å²) in [5.74, 6) is 0.987. The van der Waals surface area contributed by atoms with Crippen molar-refractivity contribution in [2.45, 2.75) is 43.2 Å². The molecule has 0 radical (unpaired) electrons. The van der Waals surface area contributed by atoms with Crippen molar-refractivity contribution in [1.82, 2.24) is 9.97 Å². The van der Waals surface area contributed by atoms with E-state index in [1.54, 1.807) is 23.1 Å². The molecular formula is C22H22N2O3S2. The molecule has 1 aliphatic carbocycles. The van der Waals surface area contributed by atoms with Crippen LogP contribution in [0, 0.1) is 0 Å². The Morgan fingerprint density at radius 1 is 1.21 bits per heavy atom. The lowest BCUT2D eigenvalue weighted by Crippen LogP contribution is -2.06. The SMILES string of the molecule is CCc1cccc(CC(=O)O)c1Oc1nc(-c2ccc(SC)s2)nc2c1CCC2. The van der Waals surface area contributed by atoms with Crippen molar-refractivity contribution in [3.05, 3.63) is 52.7 Å². The minimum Gasteiger partial charge on any atom is -0.481 e. The van der Waals surface area contributed by atoms with Crippen molar-refractivity contribution < 1.29 is 14.6 Å². The van der Waals surface area contributed by atoms with Gasteiger partial charge < -0.3 is 9.84 Å². The van der Waals surface area contributed by atoms with Crippen LogP contribution in [0.4, 0.5) is 0 Å². The van der Waals surface area contributed by atoms with Crippen LogP contribution in [0.15, 0.2) is 34.5 Å². The number of para-hydroxylation sites is 1. The second-order valence-electron chi connectivity index (χ2n) is 6.89. The Bertz CT molecular complexity index is 1060. The summed E-state index contributed by atoms with van der Waals surface area (Å²) in [6, 6.07) is 9.81. The smallest absolute Gasteiger partial charge is 0.307 e. The largest absolute Gasteiger partial charge is 0.481 e. The Hall–Kier alpha value is -2.38. The number of benzene rings is 1. The summed E-state index contributed by atoms with van der Waals surface area (Å²) in [5, 5.41) is 9.31. The van der Waals surface area contributed by atoms with Gasteiger partial charge in [0.2, 0.25) is 5.88 Å². The fourth-order valence-electron chi connectivity index (χ4n) is 3.59. The molecule has 4 rings (SSSR count). The molecule has 3 aromatic rings. The summed E-state index contributed by atoms with van der Waals surface area (Å²) in [6.45, 7) is 2.04. The van der Waals surface area contributed by atoms with Gasteiger partial charge in [0.25, 0.3) is 0 Å². The number of hydrogen-bond donors (Lipinski definition) is 1. The van der Waals surface area contributed by atoms with E-state index in [1.807, 2.05) is 31.2 Å². The number of aromatic nitrogens is 2. The van der Waals surface area contributed by atoms with E-state index in [0.717, 1.165) is 47.4 Å². The van der Waals surface area contributed by atoms with Crippen LogP contribution in [0.3, 0.4) is 0 Å². The normalized spacial score (nSPS) is 12.8. The first kappa shape index (κ1) is 19.9. The Kier molecular flexibility index (Phi) is 5.87. The molecule has 0 unspecified atom stereocenters. The van der Waals surface area contributed by atoms with Gasteiger partial charge in [0, 0.05) is 11.1 Å². The van der Waals surface area contributed by atoms with Gasteiger partial charge >= 0.3 is 5.97 Å². The molecule has 5 nitrogen and oxygen atoms in total. The van der Waals surface area contributed by atoms with E-state index in [1.165, 1.54) is 4.21 Å². The molecule has 0 saturated heterocycles. The van der Waals surface area contributed by atoms with Gasteiger partial charge in [0.05, 0.1) is 21.2 Å². The lowest BCUT2D eigenvalue weighted by atomic mass is 10.0. The quantitative estimate of drug-likeness (QED) is 0.510. The fourth-order valence-corrected chi connectivity index (χ4v) is 5.07. The van der Waals surface area contributed by atoms with Crippen molar-refractivity contribution >= 4 is 29.1 Å². The number of carboxylic acid groups (broad SMARTS) is 1. The van der Waals surface area contributed by atoms with Crippen LogP contribution in [0.2, 0.25) is 0 Å². The highest BCUT2D eigenvalue weighted by Gasteiger charge is 2.23. The predicted octanol–water partition coefficient (Wildman–Crippen LogP) is 5.40. The third kappa shape index (κ3) is 4.16. The molecule has 0 amide bonds. The van der Waals surface area contributed by atoms with E-state index in [0.29, 0.717) is 23.0 Å². The lowest BCUT2D eigenvalue weighted by molar-refractivity contribution is -0.136. The molecule has 0 fully saturated rings. The summed E-state index contributed by atoms with van der Waals surface area (Å²) in [4.78, 5) is 21.9. The highest BCUT2D eigenvalue weighted by Crippen LogP contribution is 2.38. The third-order valence-corrected chi connectivity index (χ3v) is 7.16. The Morgan fingerprint density at radius 2 is 2.03 bits per heavy atom. The van der Waals surface area contributed by atoms with Crippen LogP contribution in [-0.2, 0) is 30.5 Å². The molecule has 0 saturated carbocycles. The number of thiophene rings is 1. The number of aryl methyl sites for hydroxylation is 2. The van der Waals surface area contributed by atoms with Crippen molar-refractivity contribution in [3.63, 3.8) is 0 Å². The minimum absolute atomic E-state index is 0.0781. The summed E-state index contributed by atoms with van der Waals surface area (Å²) < 4.78 is 7.57. The monoisotopic (exact) mass is 426 g/mol. The zero-order valence-corrected chi connectivity index (χ0v) is 18.0.